The second kappa shape index (κ2) is 8.00. The number of amides is 1. The van der Waals surface area contributed by atoms with Crippen molar-refractivity contribution in [2.75, 3.05) is 24.1 Å². The van der Waals surface area contributed by atoms with Crippen molar-refractivity contribution in [1.82, 2.24) is 19.7 Å². The minimum absolute atomic E-state index is 0.235. The Labute approximate surface area is 148 Å². The lowest BCUT2D eigenvalue weighted by molar-refractivity contribution is -0.131. The maximum absolute atomic E-state index is 12.5. The lowest BCUT2D eigenvalue weighted by Gasteiger charge is -2.21. The monoisotopic (exact) mass is 342 g/mol. The smallest absolute Gasteiger partial charge is 0.222 e. The topological polar surface area (TPSA) is 89.1 Å². The summed E-state index contributed by atoms with van der Waals surface area (Å²) in [5.41, 5.74) is 7.71. The van der Waals surface area contributed by atoms with Crippen LogP contribution in [0.4, 0.5) is 11.5 Å². The average Bonchev–Trinajstić information content (AvgIpc) is 2.88. The van der Waals surface area contributed by atoms with E-state index in [2.05, 4.69) is 15.4 Å². The van der Waals surface area contributed by atoms with E-state index in [1.54, 1.807) is 16.9 Å². The molecular weight excluding hydrogens is 316 g/mol. The van der Waals surface area contributed by atoms with E-state index >= 15 is 0 Å². The molecule has 0 aliphatic carbocycles. The molecule has 0 spiro atoms. The van der Waals surface area contributed by atoms with E-state index in [0.717, 1.165) is 50.0 Å². The van der Waals surface area contributed by atoms with Gasteiger partial charge in [-0.3, -0.25) is 9.48 Å². The molecule has 3 heterocycles. The van der Waals surface area contributed by atoms with Crippen LogP contribution in [-0.4, -0.2) is 44.7 Å². The average molecular weight is 342 g/mol. The first-order chi connectivity index (χ1) is 12.1. The van der Waals surface area contributed by atoms with Crippen molar-refractivity contribution >= 4 is 17.4 Å². The van der Waals surface area contributed by atoms with Gasteiger partial charge in [-0.05, 0) is 43.4 Å². The normalized spacial score (nSPS) is 18.0. The van der Waals surface area contributed by atoms with E-state index in [4.69, 9.17) is 5.73 Å². The molecule has 25 heavy (non-hydrogen) atoms. The van der Waals surface area contributed by atoms with Crippen LogP contribution >= 0.6 is 0 Å². The second-order valence-electron chi connectivity index (χ2n) is 6.65. The summed E-state index contributed by atoms with van der Waals surface area (Å²) in [6.07, 6.45) is 9.87. The molecule has 2 aromatic heterocycles. The molecule has 1 atom stereocenters. The molecule has 3 rings (SSSR count). The minimum atomic E-state index is 0.235. The van der Waals surface area contributed by atoms with Crippen LogP contribution in [0.2, 0.25) is 0 Å². The summed E-state index contributed by atoms with van der Waals surface area (Å²) >= 11 is 0. The van der Waals surface area contributed by atoms with Gasteiger partial charge in [0.1, 0.15) is 5.82 Å². The van der Waals surface area contributed by atoms with Gasteiger partial charge in [0.25, 0.3) is 0 Å². The summed E-state index contributed by atoms with van der Waals surface area (Å²) in [5, 5.41) is 7.65. The number of likely N-dealkylation sites (tertiary alicyclic amines) is 1. The zero-order valence-corrected chi connectivity index (χ0v) is 14.7. The summed E-state index contributed by atoms with van der Waals surface area (Å²) in [7, 11) is 1.89. The zero-order valence-electron chi connectivity index (χ0n) is 14.7. The highest BCUT2D eigenvalue weighted by Crippen LogP contribution is 2.18. The van der Waals surface area contributed by atoms with Crippen LogP contribution < -0.4 is 11.1 Å². The number of nitrogens with one attached hydrogen (secondary N) is 1. The van der Waals surface area contributed by atoms with Gasteiger partial charge in [0.2, 0.25) is 5.91 Å². The minimum Gasteiger partial charge on any atom is -0.384 e. The summed E-state index contributed by atoms with van der Waals surface area (Å²) in [6.45, 7) is 1.63. The molecular formula is C18H26N6O. The number of carbonyl (C=O) groups excluding carboxylic acids is 1. The van der Waals surface area contributed by atoms with Crippen molar-refractivity contribution in [3.05, 3.63) is 36.3 Å². The number of hydrogen-bond acceptors (Lipinski definition) is 5. The van der Waals surface area contributed by atoms with Crippen molar-refractivity contribution in [2.24, 2.45) is 7.05 Å². The lowest BCUT2D eigenvalue weighted by atomic mass is 10.1. The third kappa shape index (κ3) is 4.95. The third-order valence-electron chi connectivity index (χ3n) is 4.62. The summed E-state index contributed by atoms with van der Waals surface area (Å²) in [4.78, 5) is 18.6. The zero-order chi connectivity index (χ0) is 17.6. The number of nitrogen functional groups attached to an aromatic ring is 1. The maximum atomic E-state index is 12.5. The van der Waals surface area contributed by atoms with Gasteiger partial charge >= 0.3 is 0 Å². The highest BCUT2D eigenvalue weighted by Gasteiger charge is 2.20. The number of rotatable bonds is 5. The number of pyridine rings is 1. The third-order valence-corrected chi connectivity index (χ3v) is 4.62. The fourth-order valence-electron chi connectivity index (χ4n) is 3.23. The van der Waals surface area contributed by atoms with Crippen LogP contribution in [0.1, 0.15) is 31.2 Å². The van der Waals surface area contributed by atoms with Crippen LogP contribution in [0, 0.1) is 0 Å². The largest absolute Gasteiger partial charge is 0.384 e. The van der Waals surface area contributed by atoms with Gasteiger partial charge < -0.3 is 16.0 Å². The highest BCUT2D eigenvalue weighted by atomic mass is 16.2. The summed E-state index contributed by atoms with van der Waals surface area (Å²) < 4.78 is 1.77. The molecule has 1 saturated heterocycles. The fraction of sp³-hybridized carbons (Fsp3) is 0.500. The number of carbonyl (C=O) groups is 1. The molecule has 0 aromatic carbocycles. The van der Waals surface area contributed by atoms with E-state index in [1.807, 2.05) is 30.4 Å². The summed E-state index contributed by atoms with van der Waals surface area (Å²) in [6, 6.07) is 4.11. The Bertz CT molecular complexity index is 696. The van der Waals surface area contributed by atoms with E-state index in [1.165, 1.54) is 0 Å². The van der Waals surface area contributed by atoms with Crippen LogP contribution in [0.25, 0.3) is 0 Å². The van der Waals surface area contributed by atoms with Gasteiger partial charge in [0.05, 0.1) is 18.1 Å². The predicted molar refractivity (Wildman–Crippen MR) is 98.0 cm³/mol. The van der Waals surface area contributed by atoms with Crippen LogP contribution in [-0.2, 0) is 18.3 Å². The molecule has 1 aliphatic rings. The van der Waals surface area contributed by atoms with E-state index in [9.17, 15) is 4.79 Å². The van der Waals surface area contributed by atoms with Crippen molar-refractivity contribution in [1.29, 1.82) is 0 Å². The quantitative estimate of drug-likeness (QED) is 0.865. The van der Waals surface area contributed by atoms with Gasteiger partial charge in [-0.1, -0.05) is 0 Å². The number of hydrogen-bond donors (Lipinski definition) is 2. The Kier molecular flexibility index (Phi) is 5.53. The molecule has 1 aliphatic heterocycles. The Hall–Kier alpha value is -2.57. The molecule has 3 N–H and O–H groups in total. The first-order valence-corrected chi connectivity index (χ1v) is 8.83. The number of anilines is 2. The lowest BCUT2D eigenvalue weighted by Crippen LogP contribution is -2.32. The standard InChI is InChI=1S/C18H26N6O/c1-23-13-14(11-21-23)4-7-18(25)24-9-2-3-15(8-10-24)22-16-5-6-17(19)20-12-16/h5-6,11-13,15,22H,2-4,7-10H2,1H3,(H2,19,20). The number of aryl methyl sites for hydroxylation is 2. The molecule has 134 valence electrons. The molecule has 7 nitrogen and oxygen atoms in total. The maximum Gasteiger partial charge on any atom is 0.222 e. The molecule has 0 saturated carbocycles. The SMILES string of the molecule is Cn1cc(CCC(=O)N2CCCC(Nc3ccc(N)nc3)CC2)cn1. The van der Waals surface area contributed by atoms with Gasteiger partial charge in [0, 0.05) is 38.8 Å². The van der Waals surface area contributed by atoms with E-state index < -0.39 is 0 Å². The molecule has 7 heteroatoms. The van der Waals surface area contributed by atoms with Gasteiger partial charge in [0.15, 0.2) is 0 Å². The number of nitrogens with two attached hydrogens (primary N) is 1. The van der Waals surface area contributed by atoms with Crippen molar-refractivity contribution in [2.45, 2.75) is 38.1 Å². The Morgan fingerprint density at radius 1 is 1.32 bits per heavy atom. The number of nitrogens with zero attached hydrogens (tertiary/aromatic N) is 4. The predicted octanol–water partition coefficient (Wildman–Crippen LogP) is 1.82. The molecule has 0 bridgehead atoms. The molecule has 1 unspecified atom stereocenters. The number of aromatic nitrogens is 3. The van der Waals surface area contributed by atoms with Crippen molar-refractivity contribution in [3.8, 4) is 0 Å². The first-order valence-electron chi connectivity index (χ1n) is 8.83. The molecule has 0 radical (unpaired) electrons. The first kappa shape index (κ1) is 17.3. The second-order valence-corrected chi connectivity index (χ2v) is 6.65. The van der Waals surface area contributed by atoms with E-state index in [0.29, 0.717) is 18.3 Å². The van der Waals surface area contributed by atoms with Crippen LogP contribution in [0.3, 0.4) is 0 Å². The van der Waals surface area contributed by atoms with E-state index in [-0.39, 0.29) is 5.91 Å². The van der Waals surface area contributed by atoms with Crippen molar-refractivity contribution < 1.29 is 4.79 Å². The Morgan fingerprint density at radius 2 is 2.20 bits per heavy atom. The van der Waals surface area contributed by atoms with Gasteiger partial charge in [-0.25, -0.2) is 4.98 Å². The van der Waals surface area contributed by atoms with Crippen LogP contribution in [0.15, 0.2) is 30.7 Å². The fourth-order valence-corrected chi connectivity index (χ4v) is 3.23. The molecule has 1 fully saturated rings. The Balaban J connectivity index is 1.47. The molecule has 1 amide bonds. The summed E-state index contributed by atoms with van der Waals surface area (Å²) in [5.74, 6) is 0.760. The van der Waals surface area contributed by atoms with Gasteiger partial charge in [-0.15, -0.1) is 0 Å². The van der Waals surface area contributed by atoms with Crippen LogP contribution in [0.5, 0.6) is 0 Å². The van der Waals surface area contributed by atoms with Crippen molar-refractivity contribution in [3.63, 3.8) is 0 Å². The van der Waals surface area contributed by atoms with Gasteiger partial charge in [-0.2, -0.15) is 5.10 Å². The highest BCUT2D eigenvalue weighted by molar-refractivity contribution is 5.76. The Morgan fingerprint density at radius 3 is 2.92 bits per heavy atom. The molecule has 2 aromatic rings.